The molecule has 9 heteroatoms. The molecule has 0 N–H and O–H groups in total. The van der Waals surface area contributed by atoms with E-state index in [1.54, 1.807) is 60.7 Å². The minimum Gasteiger partial charge on any atom is -0.492 e. The van der Waals surface area contributed by atoms with Crippen LogP contribution in [-0.2, 0) is 0 Å². The Bertz CT molecular complexity index is 2150. The molecule has 0 unspecified atom stereocenters. The molecular weight excluding hydrogens is 890 g/mol. The molecule has 1 heterocycles. The Balaban J connectivity index is 0.996. The van der Waals surface area contributed by atoms with Gasteiger partial charge in [0.25, 0.3) is 0 Å². The van der Waals surface area contributed by atoms with Crippen molar-refractivity contribution in [2.75, 3.05) is 13.2 Å². The number of pyridine rings is 1. The van der Waals surface area contributed by atoms with Crippen LogP contribution in [0.15, 0.2) is 103 Å². The van der Waals surface area contributed by atoms with E-state index in [4.69, 9.17) is 47.1 Å². The summed E-state index contributed by atoms with van der Waals surface area (Å²) in [6.45, 7) is 5.70. The lowest BCUT2D eigenvalue weighted by Crippen LogP contribution is -2.08. The summed E-state index contributed by atoms with van der Waals surface area (Å²) < 4.78 is 23.1. The van der Waals surface area contributed by atoms with E-state index in [2.05, 4.69) is 13.8 Å². The summed E-state index contributed by atoms with van der Waals surface area (Å²) in [6, 6.07) is 30.3. The van der Waals surface area contributed by atoms with E-state index in [9.17, 15) is 9.59 Å². The lowest BCUT2D eigenvalue weighted by Gasteiger charge is -2.10. The molecule has 0 amide bonds. The van der Waals surface area contributed by atoms with Crippen molar-refractivity contribution in [2.24, 2.45) is 0 Å². The molecule has 362 valence electrons. The van der Waals surface area contributed by atoms with Gasteiger partial charge in [0.15, 0.2) is 0 Å². The molecule has 0 aliphatic carbocycles. The van der Waals surface area contributed by atoms with E-state index in [0.29, 0.717) is 57.4 Å². The zero-order valence-corrected chi connectivity index (χ0v) is 41.8. The zero-order valence-electron chi connectivity index (χ0n) is 40.3. The third-order valence-electron chi connectivity index (χ3n) is 11.7. The SMILES string of the molecule is CCCCCCCCCCCCOc1ccc(C(=O)Oc2ccc(/C=C/c3cccc(/C=C/c4ccc(OC(=O)c5ccc(OCCCCCCCCCCCC)c(Cl)c5)cc4)n3)cc2)cc1Cl. The van der Waals surface area contributed by atoms with Gasteiger partial charge in [0.1, 0.15) is 23.0 Å². The maximum Gasteiger partial charge on any atom is 0.343 e. The Morgan fingerprint density at radius 3 is 1.15 bits per heavy atom. The monoisotopic (exact) mass is 959 g/mol. The number of halogens is 2. The van der Waals surface area contributed by atoms with Crippen LogP contribution in [0.3, 0.4) is 0 Å². The smallest absolute Gasteiger partial charge is 0.343 e. The van der Waals surface area contributed by atoms with Gasteiger partial charge >= 0.3 is 11.9 Å². The number of hydrogen-bond donors (Lipinski definition) is 0. The van der Waals surface area contributed by atoms with Crippen molar-refractivity contribution in [3.8, 4) is 23.0 Å². The van der Waals surface area contributed by atoms with Gasteiger partial charge in [0.05, 0.1) is 45.8 Å². The third kappa shape index (κ3) is 20.5. The van der Waals surface area contributed by atoms with Gasteiger partial charge in [-0.1, -0.05) is 195 Å². The fourth-order valence-corrected chi connectivity index (χ4v) is 8.15. The number of benzene rings is 4. The van der Waals surface area contributed by atoms with E-state index < -0.39 is 11.9 Å². The van der Waals surface area contributed by atoms with Gasteiger partial charge in [0, 0.05) is 0 Å². The van der Waals surface area contributed by atoms with Crippen molar-refractivity contribution < 1.29 is 28.5 Å². The fourth-order valence-electron chi connectivity index (χ4n) is 7.68. The number of nitrogens with zero attached hydrogens (tertiary/aromatic N) is 1. The van der Waals surface area contributed by atoms with Crippen molar-refractivity contribution in [3.05, 3.63) is 147 Å². The largest absolute Gasteiger partial charge is 0.492 e. The molecule has 0 saturated carbocycles. The summed E-state index contributed by atoms with van der Waals surface area (Å²) in [4.78, 5) is 30.6. The van der Waals surface area contributed by atoms with Crippen molar-refractivity contribution in [2.45, 2.75) is 142 Å². The Hall–Kier alpha value is -5.37. The highest BCUT2D eigenvalue weighted by Crippen LogP contribution is 2.29. The molecule has 0 bridgehead atoms. The van der Waals surface area contributed by atoms with Gasteiger partial charge in [-0.25, -0.2) is 14.6 Å². The van der Waals surface area contributed by atoms with E-state index in [0.717, 1.165) is 48.2 Å². The summed E-state index contributed by atoms with van der Waals surface area (Å²) in [5.41, 5.74) is 4.12. The first-order valence-corrected chi connectivity index (χ1v) is 25.9. The molecule has 5 aromatic rings. The lowest BCUT2D eigenvalue weighted by atomic mass is 10.1. The molecule has 0 aliphatic rings. The molecule has 0 saturated heterocycles. The molecular formula is C59H71Cl2NO6. The van der Waals surface area contributed by atoms with E-state index in [-0.39, 0.29) is 0 Å². The van der Waals surface area contributed by atoms with Gasteiger partial charge < -0.3 is 18.9 Å². The van der Waals surface area contributed by atoms with Gasteiger partial charge in [-0.2, -0.15) is 0 Å². The molecule has 7 nitrogen and oxygen atoms in total. The summed E-state index contributed by atoms with van der Waals surface area (Å²) in [6.07, 6.45) is 33.0. The first-order chi connectivity index (χ1) is 33.3. The van der Waals surface area contributed by atoms with Crippen LogP contribution in [0.25, 0.3) is 24.3 Å². The number of aromatic nitrogens is 1. The Morgan fingerprint density at radius 2 is 0.794 bits per heavy atom. The number of carbonyl (C=O) groups is 2. The van der Waals surface area contributed by atoms with Crippen LogP contribution in [-0.4, -0.2) is 30.1 Å². The predicted molar refractivity (Wildman–Crippen MR) is 282 cm³/mol. The van der Waals surface area contributed by atoms with Crippen molar-refractivity contribution in [1.29, 1.82) is 0 Å². The van der Waals surface area contributed by atoms with Crippen LogP contribution in [0.5, 0.6) is 23.0 Å². The number of carbonyl (C=O) groups excluding carboxylic acids is 2. The molecule has 4 aromatic carbocycles. The van der Waals surface area contributed by atoms with Crippen LogP contribution in [0.1, 0.15) is 185 Å². The number of unbranched alkanes of at least 4 members (excludes halogenated alkanes) is 18. The Kier molecular flexibility index (Phi) is 24.9. The van der Waals surface area contributed by atoms with E-state index in [1.807, 2.05) is 66.8 Å². The van der Waals surface area contributed by atoms with Gasteiger partial charge in [-0.05, 0) is 109 Å². The highest BCUT2D eigenvalue weighted by molar-refractivity contribution is 6.32. The van der Waals surface area contributed by atoms with E-state index >= 15 is 0 Å². The van der Waals surface area contributed by atoms with Crippen molar-refractivity contribution in [1.82, 2.24) is 4.98 Å². The molecule has 0 spiro atoms. The normalized spacial score (nSPS) is 11.4. The number of esters is 2. The second-order valence-corrected chi connectivity index (χ2v) is 18.2. The third-order valence-corrected chi connectivity index (χ3v) is 12.3. The first-order valence-electron chi connectivity index (χ1n) is 25.1. The average Bonchev–Trinajstić information content (AvgIpc) is 3.35. The van der Waals surface area contributed by atoms with Crippen molar-refractivity contribution >= 4 is 59.4 Å². The van der Waals surface area contributed by atoms with Crippen LogP contribution < -0.4 is 18.9 Å². The topological polar surface area (TPSA) is 84.0 Å². The van der Waals surface area contributed by atoms with Crippen LogP contribution >= 0.6 is 23.2 Å². The maximum absolute atomic E-state index is 12.9. The molecule has 0 fully saturated rings. The molecule has 1 aromatic heterocycles. The standard InChI is InChI=1S/C59H71Cl2NO6/c1-3-5-7-9-11-13-15-17-19-21-42-65-56-40-32-48(44-54(56)60)58(63)67-52-36-28-46(29-37-52)26-34-50-24-23-25-51(62-50)35-27-47-30-38-53(39-31-47)68-59(64)49-33-41-57(55(61)45-49)66-43-22-20-18-16-14-12-10-8-6-4-2/h23-41,44-45H,3-22,42-43H2,1-2H3/b34-26+,35-27+. The second kappa shape index (κ2) is 31.6. The highest BCUT2D eigenvalue weighted by atomic mass is 35.5. The number of rotatable bonds is 32. The first kappa shape index (κ1) is 53.6. The van der Waals surface area contributed by atoms with Crippen LogP contribution in [0, 0.1) is 0 Å². The molecule has 68 heavy (non-hydrogen) atoms. The fraction of sp³-hybridized carbons (Fsp3) is 0.407. The Labute approximate surface area is 416 Å². The van der Waals surface area contributed by atoms with Crippen molar-refractivity contribution in [3.63, 3.8) is 0 Å². The second-order valence-electron chi connectivity index (χ2n) is 17.4. The summed E-state index contributed by atoms with van der Waals surface area (Å²) in [7, 11) is 0. The van der Waals surface area contributed by atoms with Gasteiger partial charge in [-0.3, -0.25) is 0 Å². The number of ether oxygens (including phenoxy) is 4. The minimum atomic E-state index is -0.493. The van der Waals surface area contributed by atoms with Crippen LogP contribution in [0.4, 0.5) is 0 Å². The predicted octanol–water partition coefficient (Wildman–Crippen LogP) is 17.8. The quantitative estimate of drug-likeness (QED) is 0.0241. The Morgan fingerprint density at radius 1 is 0.441 bits per heavy atom. The molecule has 5 rings (SSSR count). The van der Waals surface area contributed by atoms with Gasteiger partial charge in [-0.15, -0.1) is 0 Å². The van der Waals surface area contributed by atoms with E-state index in [1.165, 1.54) is 103 Å². The summed E-state index contributed by atoms with van der Waals surface area (Å²) >= 11 is 12.9. The highest BCUT2D eigenvalue weighted by Gasteiger charge is 2.14. The summed E-state index contributed by atoms with van der Waals surface area (Å²) in [5, 5.41) is 0.776. The van der Waals surface area contributed by atoms with Gasteiger partial charge in [0.2, 0.25) is 0 Å². The minimum absolute atomic E-state index is 0.354. The average molecular weight is 961 g/mol. The number of hydrogen-bond acceptors (Lipinski definition) is 7. The molecule has 0 atom stereocenters. The molecule has 0 radical (unpaired) electrons. The van der Waals surface area contributed by atoms with Crippen LogP contribution in [0.2, 0.25) is 10.0 Å². The zero-order chi connectivity index (χ0) is 48.0. The maximum atomic E-state index is 12.9. The molecule has 0 aliphatic heterocycles. The summed E-state index contributed by atoms with van der Waals surface area (Å²) in [5.74, 6) is 1.01. The lowest BCUT2D eigenvalue weighted by molar-refractivity contribution is 0.0725.